The van der Waals surface area contributed by atoms with Gasteiger partial charge in [-0.05, 0) is 36.5 Å². The van der Waals surface area contributed by atoms with E-state index in [0.717, 1.165) is 11.4 Å². The van der Waals surface area contributed by atoms with E-state index < -0.39 is 0 Å². The molecule has 1 fully saturated rings. The van der Waals surface area contributed by atoms with Gasteiger partial charge in [0.15, 0.2) is 0 Å². The molecular formula is C17H26N2O. The summed E-state index contributed by atoms with van der Waals surface area (Å²) in [5, 5.41) is 6.57. The molecule has 3 nitrogen and oxygen atoms in total. The topological polar surface area (TPSA) is 41.1 Å². The molecule has 1 aliphatic rings. The maximum Gasteiger partial charge on any atom is 0.226 e. The first-order chi connectivity index (χ1) is 9.38. The fourth-order valence-electron chi connectivity index (χ4n) is 2.77. The van der Waals surface area contributed by atoms with Crippen molar-refractivity contribution >= 4 is 17.3 Å². The predicted molar refractivity (Wildman–Crippen MR) is 85.0 cm³/mol. The first-order valence-corrected chi connectivity index (χ1v) is 7.56. The molecule has 2 N–H and O–H groups in total. The molecule has 110 valence electrons. The second-order valence-electron chi connectivity index (χ2n) is 6.80. The van der Waals surface area contributed by atoms with Gasteiger partial charge in [0.05, 0.1) is 0 Å². The van der Waals surface area contributed by atoms with E-state index in [1.807, 2.05) is 32.0 Å². The highest BCUT2D eigenvalue weighted by Crippen LogP contribution is 2.39. The van der Waals surface area contributed by atoms with E-state index in [0.29, 0.717) is 11.5 Å². The first-order valence-electron chi connectivity index (χ1n) is 7.56. The van der Waals surface area contributed by atoms with Crippen LogP contribution < -0.4 is 10.6 Å². The number of amides is 1. The van der Waals surface area contributed by atoms with Gasteiger partial charge in [-0.15, -0.1) is 0 Å². The van der Waals surface area contributed by atoms with E-state index in [2.05, 4.69) is 30.5 Å². The van der Waals surface area contributed by atoms with E-state index in [-0.39, 0.29) is 11.8 Å². The van der Waals surface area contributed by atoms with Crippen LogP contribution in [-0.4, -0.2) is 11.9 Å². The third-order valence-corrected chi connectivity index (χ3v) is 4.25. The van der Waals surface area contributed by atoms with Crippen LogP contribution in [0.3, 0.4) is 0 Å². The maximum absolute atomic E-state index is 11.7. The quantitative estimate of drug-likeness (QED) is 0.860. The molecule has 0 aliphatic heterocycles. The second-order valence-corrected chi connectivity index (χ2v) is 6.80. The zero-order chi connectivity index (χ0) is 14.8. The van der Waals surface area contributed by atoms with Crippen molar-refractivity contribution in [1.82, 2.24) is 0 Å². The van der Waals surface area contributed by atoms with E-state index >= 15 is 0 Å². The van der Waals surface area contributed by atoms with Crippen molar-refractivity contribution in [2.75, 3.05) is 10.6 Å². The average Bonchev–Trinajstić information content (AvgIpc) is 2.69. The third kappa shape index (κ3) is 3.53. The summed E-state index contributed by atoms with van der Waals surface area (Å²) < 4.78 is 0. The number of hydrogen-bond acceptors (Lipinski definition) is 2. The Morgan fingerprint density at radius 1 is 1.30 bits per heavy atom. The van der Waals surface area contributed by atoms with E-state index in [1.165, 1.54) is 19.3 Å². The molecule has 1 unspecified atom stereocenters. The van der Waals surface area contributed by atoms with Crippen LogP contribution in [0, 0.1) is 11.3 Å². The minimum atomic E-state index is 0.000353. The highest BCUT2D eigenvalue weighted by Gasteiger charge is 2.34. The van der Waals surface area contributed by atoms with E-state index in [1.54, 1.807) is 0 Å². The summed E-state index contributed by atoms with van der Waals surface area (Å²) in [5.41, 5.74) is 2.30. The second kappa shape index (κ2) is 5.86. The maximum atomic E-state index is 11.7. The Morgan fingerprint density at radius 2 is 2.00 bits per heavy atom. The standard InChI is InChI=1S/C17H26N2O/c1-12(2)16(20)19-14-8-5-7-13(11-14)18-15-9-6-10-17(15,3)4/h5,7-8,11-12,15,18H,6,9-10H2,1-4H3,(H,19,20). The Labute approximate surface area is 122 Å². The van der Waals surface area contributed by atoms with Crippen LogP contribution in [-0.2, 0) is 4.79 Å². The molecule has 0 aromatic heterocycles. The minimum absolute atomic E-state index is 0.000353. The fourth-order valence-corrected chi connectivity index (χ4v) is 2.77. The molecule has 0 spiro atoms. The zero-order valence-corrected chi connectivity index (χ0v) is 13.0. The van der Waals surface area contributed by atoms with Crippen LogP contribution in [0.5, 0.6) is 0 Å². The van der Waals surface area contributed by atoms with E-state index in [4.69, 9.17) is 0 Å². The fraction of sp³-hybridized carbons (Fsp3) is 0.588. The van der Waals surface area contributed by atoms with Crippen molar-refractivity contribution in [2.45, 2.75) is 53.0 Å². The SMILES string of the molecule is CC(C)C(=O)Nc1cccc(NC2CCCC2(C)C)c1. The molecule has 1 atom stereocenters. The van der Waals surface area contributed by atoms with Gasteiger partial charge in [0.25, 0.3) is 0 Å². The Hall–Kier alpha value is -1.51. The number of anilines is 2. The van der Waals surface area contributed by atoms with Gasteiger partial charge in [-0.2, -0.15) is 0 Å². The summed E-state index contributed by atoms with van der Waals surface area (Å²) in [6, 6.07) is 8.53. The molecule has 3 heteroatoms. The van der Waals surface area contributed by atoms with Crippen LogP contribution in [0.15, 0.2) is 24.3 Å². The van der Waals surface area contributed by atoms with Crippen LogP contribution >= 0.6 is 0 Å². The largest absolute Gasteiger partial charge is 0.382 e. The van der Waals surface area contributed by atoms with Crippen LogP contribution in [0.2, 0.25) is 0 Å². The van der Waals surface area contributed by atoms with Crippen molar-refractivity contribution in [3.63, 3.8) is 0 Å². The molecule has 1 aliphatic carbocycles. The number of carbonyl (C=O) groups excluding carboxylic acids is 1. The summed E-state index contributed by atoms with van der Waals surface area (Å²) in [4.78, 5) is 11.7. The predicted octanol–water partition coefficient (Wildman–Crippen LogP) is 4.27. The number of hydrogen-bond donors (Lipinski definition) is 2. The highest BCUT2D eigenvalue weighted by atomic mass is 16.1. The number of benzene rings is 1. The lowest BCUT2D eigenvalue weighted by atomic mass is 9.87. The summed E-state index contributed by atoms with van der Waals surface area (Å²) in [5.74, 6) is 0.0590. The molecular weight excluding hydrogens is 248 g/mol. The summed E-state index contributed by atoms with van der Waals surface area (Å²) in [6.45, 7) is 8.45. The Morgan fingerprint density at radius 3 is 2.60 bits per heavy atom. The summed E-state index contributed by atoms with van der Waals surface area (Å²) in [7, 11) is 0. The molecule has 2 rings (SSSR count). The molecule has 1 amide bonds. The lowest BCUT2D eigenvalue weighted by molar-refractivity contribution is -0.118. The molecule has 1 saturated carbocycles. The van der Waals surface area contributed by atoms with Crippen molar-refractivity contribution in [2.24, 2.45) is 11.3 Å². The lowest BCUT2D eigenvalue weighted by Crippen LogP contribution is -2.30. The van der Waals surface area contributed by atoms with Crippen molar-refractivity contribution in [3.8, 4) is 0 Å². The number of carbonyl (C=O) groups is 1. The normalized spacial score (nSPS) is 20.9. The average molecular weight is 274 g/mol. The Bertz CT molecular complexity index is 480. The van der Waals surface area contributed by atoms with Gasteiger partial charge in [0, 0.05) is 23.3 Å². The number of rotatable bonds is 4. The van der Waals surface area contributed by atoms with Gasteiger partial charge >= 0.3 is 0 Å². The zero-order valence-electron chi connectivity index (χ0n) is 13.0. The molecule has 20 heavy (non-hydrogen) atoms. The smallest absolute Gasteiger partial charge is 0.226 e. The summed E-state index contributed by atoms with van der Waals surface area (Å²) in [6.07, 6.45) is 3.78. The molecule has 1 aromatic rings. The minimum Gasteiger partial charge on any atom is -0.382 e. The lowest BCUT2D eigenvalue weighted by Gasteiger charge is -2.29. The van der Waals surface area contributed by atoms with Gasteiger partial charge in [0.1, 0.15) is 0 Å². The van der Waals surface area contributed by atoms with Gasteiger partial charge in [-0.25, -0.2) is 0 Å². The first kappa shape index (κ1) is 14.9. The van der Waals surface area contributed by atoms with Crippen LogP contribution in [0.4, 0.5) is 11.4 Å². The van der Waals surface area contributed by atoms with Crippen molar-refractivity contribution in [3.05, 3.63) is 24.3 Å². The summed E-state index contributed by atoms with van der Waals surface area (Å²) >= 11 is 0. The van der Waals surface area contributed by atoms with Gasteiger partial charge in [-0.3, -0.25) is 4.79 Å². The van der Waals surface area contributed by atoms with Gasteiger partial charge in [0.2, 0.25) is 5.91 Å². The van der Waals surface area contributed by atoms with Crippen LogP contribution in [0.1, 0.15) is 47.0 Å². The molecule has 0 heterocycles. The van der Waals surface area contributed by atoms with Crippen molar-refractivity contribution < 1.29 is 4.79 Å². The molecule has 1 aromatic carbocycles. The monoisotopic (exact) mass is 274 g/mol. The van der Waals surface area contributed by atoms with Gasteiger partial charge < -0.3 is 10.6 Å². The van der Waals surface area contributed by atoms with E-state index in [9.17, 15) is 4.79 Å². The van der Waals surface area contributed by atoms with Crippen LogP contribution in [0.25, 0.3) is 0 Å². The van der Waals surface area contributed by atoms with Gasteiger partial charge in [-0.1, -0.05) is 40.2 Å². The number of nitrogens with one attached hydrogen (secondary N) is 2. The molecule has 0 bridgehead atoms. The molecule has 0 saturated heterocycles. The van der Waals surface area contributed by atoms with Crippen molar-refractivity contribution in [1.29, 1.82) is 0 Å². The molecule has 0 radical (unpaired) electrons. The Balaban J connectivity index is 2.04. The third-order valence-electron chi connectivity index (χ3n) is 4.25. The Kier molecular flexibility index (Phi) is 4.36. The highest BCUT2D eigenvalue weighted by molar-refractivity contribution is 5.92.